The number of nitro benzene ring substituents is 1. The minimum Gasteiger partial charge on any atom is -0.424 e. The zero-order valence-electron chi connectivity index (χ0n) is 9.74. The highest BCUT2D eigenvalue weighted by molar-refractivity contribution is 9.09. The second-order valence-corrected chi connectivity index (χ2v) is 6.19. The summed E-state index contributed by atoms with van der Waals surface area (Å²) in [5.41, 5.74) is -0.0471. The summed E-state index contributed by atoms with van der Waals surface area (Å²) in [7, 11) is -3.20. The van der Waals surface area contributed by atoms with E-state index in [0.717, 1.165) is 0 Å². The van der Waals surface area contributed by atoms with Gasteiger partial charge >= 0.3 is 7.60 Å². The Morgan fingerprint density at radius 3 is 2.44 bits per heavy atom. The first-order chi connectivity index (χ1) is 8.50. The van der Waals surface area contributed by atoms with Gasteiger partial charge in [-0.15, -0.1) is 0 Å². The van der Waals surface area contributed by atoms with E-state index in [1.807, 2.05) is 0 Å². The number of hydrogen-bond donors (Lipinski definition) is 0. The smallest absolute Gasteiger partial charge is 0.380 e. The highest BCUT2D eigenvalue weighted by Crippen LogP contribution is 2.48. The number of rotatable bonds is 7. The second-order valence-electron chi connectivity index (χ2n) is 3.28. The van der Waals surface area contributed by atoms with Gasteiger partial charge in [-0.3, -0.25) is 10.1 Å². The SMILES string of the molecule is CCOP(=O)(CCBr)Oc1ccc([N+](=O)[O-])cc1. The van der Waals surface area contributed by atoms with Crippen LogP contribution in [0.3, 0.4) is 0 Å². The van der Waals surface area contributed by atoms with Gasteiger partial charge in [0.05, 0.1) is 17.7 Å². The van der Waals surface area contributed by atoms with Gasteiger partial charge in [0.2, 0.25) is 0 Å². The molecule has 0 aliphatic rings. The molecule has 6 nitrogen and oxygen atoms in total. The maximum Gasteiger partial charge on any atom is 0.380 e. The summed E-state index contributed by atoms with van der Waals surface area (Å²) in [4.78, 5) is 9.97. The molecular weight excluding hydrogens is 325 g/mol. The highest BCUT2D eigenvalue weighted by Gasteiger charge is 2.24. The Balaban J connectivity index is 2.81. The molecule has 1 rings (SSSR count). The van der Waals surface area contributed by atoms with Crippen LogP contribution in [0, 0.1) is 10.1 Å². The van der Waals surface area contributed by atoms with Crippen LogP contribution in [0.5, 0.6) is 5.75 Å². The monoisotopic (exact) mass is 337 g/mol. The van der Waals surface area contributed by atoms with Crippen molar-refractivity contribution < 1.29 is 18.5 Å². The number of nitro groups is 1. The van der Waals surface area contributed by atoms with E-state index in [1.165, 1.54) is 24.3 Å². The number of alkyl halides is 1. The fourth-order valence-electron chi connectivity index (χ4n) is 1.23. The van der Waals surface area contributed by atoms with Crippen molar-refractivity contribution in [1.82, 2.24) is 0 Å². The van der Waals surface area contributed by atoms with Gasteiger partial charge in [0, 0.05) is 17.5 Å². The summed E-state index contributed by atoms with van der Waals surface area (Å²) in [6.45, 7) is 2.00. The van der Waals surface area contributed by atoms with E-state index in [4.69, 9.17) is 9.05 Å². The van der Waals surface area contributed by atoms with Gasteiger partial charge in [-0.1, -0.05) is 15.9 Å². The molecule has 1 unspecified atom stereocenters. The third-order valence-electron chi connectivity index (χ3n) is 1.98. The molecule has 1 atom stereocenters. The minimum atomic E-state index is -3.20. The van der Waals surface area contributed by atoms with Gasteiger partial charge in [-0.05, 0) is 19.1 Å². The van der Waals surface area contributed by atoms with Crippen LogP contribution in [0.25, 0.3) is 0 Å². The van der Waals surface area contributed by atoms with Crippen LogP contribution in [-0.4, -0.2) is 23.0 Å². The molecule has 0 fully saturated rings. The molecule has 8 heteroatoms. The van der Waals surface area contributed by atoms with E-state index in [1.54, 1.807) is 6.92 Å². The average molecular weight is 338 g/mol. The second kappa shape index (κ2) is 6.87. The Labute approximate surface area is 113 Å². The molecule has 0 aromatic heterocycles. The molecule has 0 saturated carbocycles. The molecule has 1 aromatic carbocycles. The van der Waals surface area contributed by atoms with Crippen LogP contribution in [-0.2, 0) is 9.09 Å². The van der Waals surface area contributed by atoms with Gasteiger partial charge in [-0.25, -0.2) is 4.57 Å². The lowest BCUT2D eigenvalue weighted by molar-refractivity contribution is -0.384. The molecule has 0 heterocycles. The maximum absolute atomic E-state index is 12.2. The molecule has 0 N–H and O–H groups in total. The summed E-state index contributed by atoms with van der Waals surface area (Å²) < 4.78 is 22.6. The topological polar surface area (TPSA) is 78.7 Å². The first kappa shape index (κ1) is 15.1. The Bertz CT molecular complexity index is 440. The van der Waals surface area contributed by atoms with Crippen molar-refractivity contribution >= 4 is 29.2 Å². The molecular formula is C10H13BrNO5P. The van der Waals surface area contributed by atoms with Crippen molar-refractivity contribution in [2.45, 2.75) is 6.92 Å². The fraction of sp³-hybridized carbons (Fsp3) is 0.400. The lowest BCUT2D eigenvalue weighted by atomic mass is 10.3. The quantitative estimate of drug-likeness (QED) is 0.328. The van der Waals surface area contributed by atoms with Gasteiger partial charge in [-0.2, -0.15) is 0 Å². The van der Waals surface area contributed by atoms with Gasteiger partial charge in [0.25, 0.3) is 5.69 Å². The van der Waals surface area contributed by atoms with Crippen LogP contribution in [0.4, 0.5) is 5.69 Å². The summed E-state index contributed by atoms with van der Waals surface area (Å²) in [6, 6.07) is 5.38. The van der Waals surface area contributed by atoms with Gasteiger partial charge in [0.15, 0.2) is 0 Å². The number of hydrogen-bond acceptors (Lipinski definition) is 5. The van der Waals surface area contributed by atoms with Crippen molar-refractivity contribution in [2.75, 3.05) is 18.1 Å². The summed E-state index contributed by atoms with van der Waals surface area (Å²) in [6.07, 6.45) is 0.234. The molecule has 0 radical (unpaired) electrons. The third kappa shape index (κ3) is 4.40. The molecule has 100 valence electrons. The number of benzene rings is 1. The lowest BCUT2D eigenvalue weighted by Gasteiger charge is -2.17. The first-order valence-electron chi connectivity index (χ1n) is 5.24. The Hall–Kier alpha value is -0.910. The number of non-ortho nitro benzene ring substituents is 1. The van der Waals surface area contributed by atoms with E-state index in [9.17, 15) is 14.7 Å². The third-order valence-corrected chi connectivity index (χ3v) is 4.90. The highest BCUT2D eigenvalue weighted by atomic mass is 79.9. The van der Waals surface area contributed by atoms with E-state index in [-0.39, 0.29) is 18.5 Å². The summed E-state index contributed by atoms with van der Waals surface area (Å²) >= 11 is 3.18. The van der Waals surface area contributed by atoms with Crippen LogP contribution >= 0.6 is 23.5 Å². The lowest BCUT2D eigenvalue weighted by Crippen LogP contribution is -2.03. The minimum absolute atomic E-state index is 0.0471. The predicted octanol–water partition coefficient (Wildman–Crippen LogP) is 3.60. The van der Waals surface area contributed by atoms with Crippen molar-refractivity contribution in [3.05, 3.63) is 34.4 Å². The molecule has 0 bridgehead atoms. The first-order valence-corrected chi connectivity index (χ1v) is 8.09. The van der Waals surface area contributed by atoms with E-state index < -0.39 is 12.5 Å². The molecule has 0 amide bonds. The van der Waals surface area contributed by atoms with Crippen LogP contribution < -0.4 is 4.52 Å². The Morgan fingerprint density at radius 1 is 1.39 bits per heavy atom. The van der Waals surface area contributed by atoms with Crippen molar-refractivity contribution in [1.29, 1.82) is 0 Å². The maximum atomic E-state index is 12.2. The van der Waals surface area contributed by atoms with E-state index in [2.05, 4.69) is 15.9 Å². The van der Waals surface area contributed by atoms with E-state index in [0.29, 0.717) is 11.1 Å². The fourth-order valence-corrected chi connectivity index (χ4v) is 3.85. The van der Waals surface area contributed by atoms with Gasteiger partial charge in [0.1, 0.15) is 5.75 Å². The van der Waals surface area contributed by atoms with Crippen molar-refractivity contribution in [3.8, 4) is 5.75 Å². The number of halogens is 1. The van der Waals surface area contributed by atoms with Crippen LogP contribution in [0.15, 0.2) is 24.3 Å². The molecule has 18 heavy (non-hydrogen) atoms. The predicted molar refractivity (Wildman–Crippen MR) is 71.6 cm³/mol. The zero-order chi connectivity index (χ0) is 13.6. The number of nitrogens with zero attached hydrogens (tertiary/aromatic N) is 1. The molecule has 0 spiro atoms. The zero-order valence-corrected chi connectivity index (χ0v) is 12.2. The van der Waals surface area contributed by atoms with Crippen LogP contribution in [0.1, 0.15) is 6.92 Å². The Kier molecular flexibility index (Phi) is 5.78. The van der Waals surface area contributed by atoms with E-state index >= 15 is 0 Å². The normalized spacial score (nSPS) is 13.9. The Morgan fingerprint density at radius 2 is 2.00 bits per heavy atom. The molecule has 0 saturated heterocycles. The van der Waals surface area contributed by atoms with Crippen LogP contribution in [0.2, 0.25) is 0 Å². The van der Waals surface area contributed by atoms with Crippen molar-refractivity contribution in [2.24, 2.45) is 0 Å². The standard InChI is InChI=1S/C10H13BrNO5P/c1-2-16-18(15,8-7-11)17-10-5-3-9(4-6-10)12(13)14/h3-6H,2,7-8H2,1H3. The van der Waals surface area contributed by atoms with Crippen molar-refractivity contribution in [3.63, 3.8) is 0 Å². The van der Waals surface area contributed by atoms with Gasteiger partial charge < -0.3 is 9.05 Å². The molecule has 1 aromatic rings. The summed E-state index contributed by atoms with van der Waals surface area (Å²) in [5.74, 6) is 0.290. The molecule has 0 aliphatic carbocycles. The molecule has 0 aliphatic heterocycles. The average Bonchev–Trinajstić information content (AvgIpc) is 2.30. The largest absolute Gasteiger partial charge is 0.424 e. The summed E-state index contributed by atoms with van der Waals surface area (Å²) in [5, 5.41) is 11.0.